The maximum Gasteiger partial charge on any atom is 0.159 e. The summed E-state index contributed by atoms with van der Waals surface area (Å²) in [5.41, 5.74) is 2.91. The number of nitrogens with one attached hydrogen (secondary N) is 1. The number of fused-ring (bicyclic) bond motifs is 1. The molecule has 0 aliphatic carbocycles. The smallest absolute Gasteiger partial charge is 0.159 e. The van der Waals surface area contributed by atoms with Crippen molar-refractivity contribution in [3.63, 3.8) is 0 Å². The fourth-order valence-electron chi connectivity index (χ4n) is 1.97. The van der Waals surface area contributed by atoms with E-state index in [1.165, 1.54) is 12.1 Å². The Balaban J connectivity index is 2.01. The lowest BCUT2D eigenvalue weighted by Gasteiger charge is -2.16. The number of anilines is 1. The second-order valence-corrected chi connectivity index (χ2v) is 4.09. The summed E-state index contributed by atoms with van der Waals surface area (Å²) in [7, 11) is 0. The molecule has 0 spiro atoms. The molecular formula is C13H12FN3. The van der Waals surface area contributed by atoms with Crippen LogP contribution < -0.4 is 5.32 Å². The maximum absolute atomic E-state index is 12.8. The number of nitrogens with zero attached hydrogens (tertiary/aromatic N) is 2. The van der Waals surface area contributed by atoms with Crippen molar-refractivity contribution in [3.8, 4) is 11.4 Å². The van der Waals surface area contributed by atoms with Gasteiger partial charge in [0.05, 0.1) is 17.6 Å². The van der Waals surface area contributed by atoms with Crippen LogP contribution in [0, 0.1) is 5.82 Å². The van der Waals surface area contributed by atoms with E-state index in [1.807, 2.05) is 0 Å². The Labute approximate surface area is 98.7 Å². The zero-order valence-electron chi connectivity index (χ0n) is 9.28. The summed E-state index contributed by atoms with van der Waals surface area (Å²) < 4.78 is 12.8. The SMILES string of the molecule is Fc1ccc(-c2ncc3c(n2)CCCN3)cc1. The largest absolute Gasteiger partial charge is 0.382 e. The van der Waals surface area contributed by atoms with Gasteiger partial charge in [0.2, 0.25) is 0 Å². The first-order chi connectivity index (χ1) is 8.33. The minimum atomic E-state index is -0.242. The fraction of sp³-hybridized carbons (Fsp3) is 0.231. The van der Waals surface area contributed by atoms with Crippen LogP contribution in [0.3, 0.4) is 0 Å². The van der Waals surface area contributed by atoms with Crippen molar-refractivity contribution in [3.05, 3.63) is 42.0 Å². The molecule has 1 aromatic heterocycles. The van der Waals surface area contributed by atoms with E-state index >= 15 is 0 Å². The van der Waals surface area contributed by atoms with Crippen molar-refractivity contribution in [1.29, 1.82) is 0 Å². The van der Waals surface area contributed by atoms with Gasteiger partial charge in [0.15, 0.2) is 5.82 Å². The lowest BCUT2D eigenvalue weighted by Crippen LogP contribution is -2.14. The molecule has 3 nitrogen and oxygen atoms in total. The van der Waals surface area contributed by atoms with Gasteiger partial charge in [-0.05, 0) is 37.1 Å². The molecule has 0 saturated heterocycles. The first-order valence-corrected chi connectivity index (χ1v) is 5.69. The Kier molecular flexibility index (Phi) is 2.48. The van der Waals surface area contributed by atoms with Crippen LogP contribution >= 0.6 is 0 Å². The van der Waals surface area contributed by atoms with Crippen LogP contribution in [0.1, 0.15) is 12.1 Å². The van der Waals surface area contributed by atoms with Crippen molar-refractivity contribution in [2.75, 3.05) is 11.9 Å². The summed E-state index contributed by atoms with van der Waals surface area (Å²) >= 11 is 0. The summed E-state index contributed by atoms with van der Waals surface area (Å²) in [4.78, 5) is 8.81. The molecule has 0 saturated carbocycles. The Hall–Kier alpha value is -1.97. The van der Waals surface area contributed by atoms with Crippen LogP contribution in [0.4, 0.5) is 10.1 Å². The van der Waals surface area contributed by atoms with Gasteiger partial charge >= 0.3 is 0 Å². The minimum absolute atomic E-state index is 0.242. The van der Waals surface area contributed by atoms with Crippen molar-refractivity contribution in [2.24, 2.45) is 0 Å². The van der Waals surface area contributed by atoms with Crippen LogP contribution in [-0.2, 0) is 6.42 Å². The number of hydrogen-bond acceptors (Lipinski definition) is 3. The summed E-state index contributed by atoms with van der Waals surface area (Å²) in [5.74, 6) is 0.417. The third-order valence-corrected chi connectivity index (χ3v) is 2.88. The molecule has 0 bridgehead atoms. The molecule has 17 heavy (non-hydrogen) atoms. The second-order valence-electron chi connectivity index (χ2n) is 4.09. The number of benzene rings is 1. The Morgan fingerprint density at radius 1 is 1.18 bits per heavy atom. The molecule has 0 atom stereocenters. The van der Waals surface area contributed by atoms with Gasteiger partial charge in [0, 0.05) is 12.1 Å². The number of aromatic nitrogens is 2. The third kappa shape index (κ3) is 1.98. The highest BCUT2D eigenvalue weighted by atomic mass is 19.1. The molecule has 0 fully saturated rings. The van der Waals surface area contributed by atoms with Gasteiger partial charge in [-0.1, -0.05) is 0 Å². The number of aryl methyl sites for hydroxylation is 1. The number of rotatable bonds is 1. The van der Waals surface area contributed by atoms with Gasteiger partial charge in [0.1, 0.15) is 5.82 Å². The highest BCUT2D eigenvalue weighted by molar-refractivity contribution is 5.58. The van der Waals surface area contributed by atoms with Crippen molar-refractivity contribution < 1.29 is 4.39 Å². The predicted octanol–water partition coefficient (Wildman–Crippen LogP) is 2.64. The molecule has 2 heterocycles. The van der Waals surface area contributed by atoms with E-state index in [-0.39, 0.29) is 5.82 Å². The lowest BCUT2D eigenvalue weighted by molar-refractivity contribution is 0.628. The van der Waals surface area contributed by atoms with E-state index in [9.17, 15) is 4.39 Å². The second kappa shape index (κ2) is 4.13. The van der Waals surface area contributed by atoms with Gasteiger partial charge in [0.25, 0.3) is 0 Å². The van der Waals surface area contributed by atoms with Crippen LogP contribution in [-0.4, -0.2) is 16.5 Å². The minimum Gasteiger partial charge on any atom is -0.382 e. The Bertz CT molecular complexity index is 537. The monoisotopic (exact) mass is 229 g/mol. The van der Waals surface area contributed by atoms with E-state index in [2.05, 4.69) is 15.3 Å². The van der Waals surface area contributed by atoms with Crippen LogP contribution in [0.25, 0.3) is 11.4 Å². The molecule has 1 aliphatic rings. The molecule has 1 aliphatic heterocycles. The zero-order valence-corrected chi connectivity index (χ0v) is 9.28. The van der Waals surface area contributed by atoms with E-state index in [4.69, 9.17) is 0 Å². The molecular weight excluding hydrogens is 217 g/mol. The predicted molar refractivity (Wildman–Crippen MR) is 64.2 cm³/mol. The average Bonchev–Trinajstić information content (AvgIpc) is 2.39. The number of hydrogen-bond donors (Lipinski definition) is 1. The molecule has 2 aromatic rings. The van der Waals surface area contributed by atoms with E-state index < -0.39 is 0 Å². The van der Waals surface area contributed by atoms with Crippen molar-refractivity contribution in [1.82, 2.24) is 9.97 Å². The van der Waals surface area contributed by atoms with Crippen molar-refractivity contribution in [2.45, 2.75) is 12.8 Å². The molecule has 1 aromatic carbocycles. The van der Waals surface area contributed by atoms with Crippen LogP contribution in [0.5, 0.6) is 0 Å². The van der Waals surface area contributed by atoms with E-state index in [0.29, 0.717) is 5.82 Å². The van der Waals surface area contributed by atoms with Crippen LogP contribution in [0.2, 0.25) is 0 Å². The third-order valence-electron chi connectivity index (χ3n) is 2.88. The van der Waals surface area contributed by atoms with Crippen LogP contribution in [0.15, 0.2) is 30.5 Å². The Morgan fingerprint density at radius 3 is 2.82 bits per heavy atom. The summed E-state index contributed by atoms with van der Waals surface area (Å²) in [6.45, 7) is 0.978. The molecule has 86 valence electrons. The fourth-order valence-corrected chi connectivity index (χ4v) is 1.97. The maximum atomic E-state index is 12.8. The average molecular weight is 229 g/mol. The quantitative estimate of drug-likeness (QED) is 0.816. The molecule has 3 rings (SSSR count). The highest BCUT2D eigenvalue weighted by Gasteiger charge is 2.12. The molecule has 0 radical (unpaired) electrons. The number of halogens is 1. The van der Waals surface area contributed by atoms with Gasteiger partial charge in [-0.3, -0.25) is 0 Å². The van der Waals surface area contributed by atoms with Crippen molar-refractivity contribution >= 4 is 5.69 Å². The van der Waals surface area contributed by atoms with Gasteiger partial charge in [-0.15, -0.1) is 0 Å². The molecule has 0 unspecified atom stereocenters. The Morgan fingerprint density at radius 2 is 2.00 bits per heavy atom. The lowest BCUT2D eigenvalue weighted by atomic mass is 10.1. The summed E-state index contributed by atoms with van der Waals surface area (Å²) in [6.07, 6.45) is 3.87. The normalized spacial score (nSPS) is 13.9. The standard InChI is InChI=1S/C13H12FN3/c14-10-5-3-9(4-6-10)13-16-8-12-11(17-13)2-1-7-15-12/h3-6,8,15H,1-2,7H2. The van der Waals surface area contributed by atoms with E-state index in [1.54, 1.807) is 18.3 Å². The van der Waals surface area contributed by atoms with Gasteiger partial charge < -0.3 is 5.32 Å². The zero-order chi connectivity index (χ0) is 11.7. The molecule has 1 N–H and O–H groups in total. The van der Waals surface area contributed by atoms with Gasteiger partial charge in [-0.2, -0.15) is 0 Å². The molecule has 0 amide bonds. The first-order valence-electron chi connectivity index (χ1n) is 5.69. The summed E-state index contributed by atoms with van der Waals surface area (Å²) in [5, 5.41) is 3.27. The summed E-state index contributed by atoms with van der Waals surface area (Å²) in [6, 6.07) is 6.26. The van der Waals surface area contributed by atoms with E-state index in [0.717, 1.165) is 36.3 Å². The highest BCUT2D eigenvalue weighted by Crippen LogP contribution is 2.22. The van der Waals surface area contributed by atoms with Gasteiger partial charge in [-0.25, -0.2) is 14.4 Å². The first kappa shape index (κ1) is 10.2. The molecule has 4 heteroatoms. The topological polar surface area (TPSA) is 37.8 Å².